The number of aliphatic hydroxyl groups is 3. The van der Waals surface area contributed by atoms with E-state index >= 15 is 0 Å². The zero-order valence-corrected chi connectivity index (χ0v) is 9.86. The lowest BCUT2D eigenvalue weighted by molar-refractivity contribution is -0.144. The Balaban J connectivity index is 4.34. The van der Waals surface area contributed by atoms with Crippen LogP contribution in [0, 0.1) is 0 Å². The van der Waals surface area contributed by atoms with Crippen molar-refractivity contribution in [3.63, 3.8) is 0 Å². The highest BCUT2D eigenvalue weighted by molar-refractivity contribution is 7.46. The number of hydrogen-bond acceptors (Lipinski definition) is 7. The van der Waals surface area contributed by atoms with E-state index in [1.807, 2.05) is 0 Å². The second-order valence-corrected chi connectivity index (χ2v) is 4.36. The molecular formula is C7H15O9P. The number of carbonyl (C=O) groups is 1. The Kier molecular flexibility index (Phi) is 6.98. The molecule has 0 radical (unpaired) electrons. The fourth-order valence-corrected chi connectivity index (χ4v) is 1.24. The van der Waals surface area contributed by atoms with Crippen molar-refractivity contribution in [2.45, 2.75) is 18.3 Å². The normalized spacial score (nSPS) is 17.5. The molecule has 0 aliphatic rings. The van der Waals surface area contributed by atoms with E-state index in [0.29, 0.717) is 0 Å². The quantitative estimate of drug-likeness (QED) is 0.299. The average Bonchev–Trinajstić information content (AvgIpc) is 2.25. The van der Waals surface area contributed by atoms with E-state index in [9.17, 15) is 19.6 Å². The van der Waals surface area contributed by atoms with Crippen molar-refractivity contribution in [2.24, 2.45) is 0 Å². The number of ketones is 1. The van der Waals surface area contributed by atoms with E-state index in [4.69, 9.17) is 14.9 Å². The molecule has 5 N–H and O–H groups in total. The van der Waals surface area contributed by atoms with Gasteiger partial charge in [0, 0.05) is 7.11 Å². The van der Waals surface area contributed by atoms with Gasteiger partial charge in [-0.05, 0) is 0 Å². The van der Waals surface area contributed by atoms with Crippen LogP contribution < -0.4 is 0 Å². The van der Waals surface area contributed by atoms with Gasteiger partial charge in [-0.15, -0.1) is 0 Å². The minimum atomic E-state index is -4.82. The molecule has 0 saturated heterocycles. The van der Waals surface area contributed by atoms with Crippen molar-refractivity contribution in [2.75, 3.05) is 20.3 Å². The van der Waals surface area contributed by atoms with Crippen molar-refractivity contribution in [1.29, 1.82) is 0 Å². The fraction of sp³-hybridized carbons (Fsp3) is 0.857. The summed E-state index contributed by atoms with van der Waals surface area (Å²) in [6, 6.07) is 0. The van der Waals surface area contributed by atoms with Gasteiger partial charge in [0.15, 0.2) is 5.78 Å². The molecule has 102 valence electrons. The molecule has 9 nitrogen and oxygen atoms in total. The average molecular weight is 274 g/mol. The zero-order chi connectivity index (χ0) is 13.6. The van der Waals surface area contributed by atoms with Crippen LogP contribution in [0.15, 0.2) is 0 Å². The van der Waals surface area contributed by atoms with Gasteiger partial charge in [0.05, 0.1) is 6.61 Å². The number of Topliss-reactive ketones (excluding diaryl/α,β-unsaturated/α-hetero) is 1. The van der Waals surface area contributed by atoms with Gasteiger partial charge in [0.25, 0.3) is 0 Å². The Labute approximate surface area is 96.8 Å². The van der Waals surface area contributed by atoms with Crippen LogP contribution in [0.5, 0.6) is 0 Å². The molecule has 3 atom stereocenters. The topological polar surface area (TPSA) is 154 Å². The van der Waals surface area contributed by atoms with Gasteiger partial charge in [-0.2, -0.15) is 0 Å². The van der Waals surface area contributed by atoms with Gasteiger partial charge < -0.3 is 29.8 Å². The molecule has 17 heavy (non-hydrogen) atoms. The van der Waals surface area contributed by atoms with E-state index in [1.165, 1.54) is 0 Å². The fourth-order valence-electron chi connectivity index (χ4n) is 0.949. The molecule has 0 aromatic heterocycles. The first-order valence-electron chi connectivity index (χ1n) is 4.45. The van der Waals surface area contributed by atoms with Gasteiger partial charge >= 0.3 is 7.82 Å². The highest BCUT2D eigenvalue weighted by atomic mass is 31.2. The standard InChI is InChI=1S/C7H15O9P/c1-15-5(2-8)7(11)6(10)4(9)3-16-17(12,13)14/h5-8,10-11H,2-3H2,1H3,(H2,12,13,14)/t5-,6?,7?/m1/s1. The summed E-state index contributed by atoms with van der Waals surface area (Å²) in [6.07, 6.45) is -4.89. The summed E-state index contributed by atoms with van der Waals surface area (Å²) in [7, 11) is -3.68. The molecule has 0 fully saturated rings. The highest BCUT2D eigenvalue weighted by Gasteiger charge is 2.32. The Morgan fingerprint density at radius 1 is 1.35 bits per heavy atom. The molecule has 2 unspecified atom stereocenters. The zero-order valence-electron chi connectivity index (χ0n) is 8.96. The van der Waals surface area contributed by atoms with Crippen LogP contribution in [0.2, 0.25) is 0 Å². The van der Waals surface area contributed by atoms with Crippen molar-refractivity contribution in [1.82, 2.24) is 0 Å². The second kappa shape index (κ2) is 7.14. The molecule has 0 heterocycles. The molecule has 0 aromatic carbocycles. The number of aliphatic hydroxyl groups excluding tert-OH is 3. The van der Waals surface area contributed by atoms with E-state index in [-0.39, 0.29) is 0 Å². The largest absolute Gasteiger partial charge is 0.470 e. The van der Waals surface area contributed by atoms with Crippen LogP contribution in [-0.2, 0) is 18.6 Å². The first-order chi connectivity index (χ1) is 7.72. The summed E-state index contributed by atoms with van der Waals surface area (Å²) in [5.74, 6) is -1.14. The summed E-state index contributed by atoms with van der Waals surface area (Å²) in [5, 5.41) is 27.4. The van der Waals surface area contributed by atoms with Gasteiger partial charge in [-0.3, -0.25) is 9.32 Å². The summed E-state index contributed by atoms with van der Waals surface area (Å²) in [6.45, 7) is -1.70. The van der Waals surface area contributed by atoms with E-state index in [2.05, 4.69) is 9.26 Å². The van der Waals surface area contributed by atoms with Crippen LogP contribution in [0.3, 0.4) is 0 Å². The second-order valence-electron chi connectivity index (χ2n) is 3.12. The summed E-state index contributed by atoms with van der Waals surface area (Å²) in [5.41, 5.74) is 0. The summed E-state index contributed by atoms with van der Waals surface area (Å²) < 4.78 is 18.7. The molecule has 0 bridgehead atoms. The van der Waals surface area contributed by atoms with Gasteiger partial charge in [0.1, 0.15) is 24.9 Å². The van der Waals surface area contributed by atoms with Crippen molar-refractivity contribution < 1.29 is 43.7 Å². The van der Waals surface area contributed by atoms with E-state index < -0.39 is 45.1 Å². The number of phosphoric ester groups is 1. The minimum absolute atomic E-state index is 0.638. The van der Waals surface area contributed by atoms with Crippen molar-refractivity contribution >= 4 is 13.6 Å². The Morgan fingerprint density at radius 3 is 2.24 bits per heavy atom. The number of ether oxygens (including phenoxy) is 1. The number of methoxy groups -OCH3 is 1. The molecular weight excluding hydrogens is 259 g/mol. The van der Waals surface area contributed by atoms with E-state index in [0.717, 1.165) is 7.11 Å². The maximum atomic E-state index is 11.2. The Hall–Kier alpha value is -0.380. The van der Waals surface area contributed by atoms with Gasteiger partial charge in [0.2, 0.25) is 0 Å². The molecule has 0 aliphatic carbocycles. The molecule has 0 aromatic rings. The van der Waals surface area contributed by atoms with Crippen molar-refractivity contribution in [3.8, 4) is 0 Å². The third kappa shape index (κ3) is 6.20. The van der Waals surface area contributed by atoms with Crippen molar-refractivity contribution in [3.05, 3.63) is 0 Å². The molecule has 0 saturated carbocycles. The molecule has 10 heteroatoms. The number of carbonyl (C=O) groups excluding carboxylic acids is 1. The smallest absolute Gasteiger partial charge is 0.394 e. The molecule has 0 rings (SSSR count). The van der Waals surface area contributed by atoms with Crippen LogP contribution >= 0.6 is 7.82 Å². The monoisotopic (exact) mass is 274 g/mol. The SMILES string of the molecule is CO[C@H](CO)C(O)C(O)C(=O)COP(=O)(O)O. The number of phosphoric acid groups is 1. The number of hydrogen-bond donors (Lipinski definition) is 5. The Morgan fingerprint density at radius 2 is 1.88 bits per heavy atom. The van der Waals surface area contributed by atoms with Gasteiger partial charge in [-0.1, -0.05) is 0 Å². The predicted molar refractivity (Wildman–Crippen MR) is 52.9 cm³/mol. The first-order valence-corrected chi connectivity index (χ1v) is 5.98. The van der Waals surface area contributed by atoms with Gasteiger partial charge in [-0.25, -0.2) is 4.57 Å². The molecule has 0 amide bonds. The maximum absolute atomic E-state index is 11.2. The third-order valence-corrected chi connectivity index (χ3v) is 2.36. The lowest BCUT2D eigenvalue weighted by Gasteiger charge is -2.23. The predicted octanol–water partition coefficient (Wildman–Crippen LogP) is -2.61. The molecule has 0 spiro atoms. The van der Waals surface area contributed by atoms with Crippen LogP contribution in [0.1, 0.15) is 0 Å². The van der Waals surface area contributed by atoms with Crippen LogP contribution in [-0.4, -0.2) is 69.5 Å². The number of rotatable bonds is 8. The van der Waals surface area contributed by atoms with E-state index in [1.54, 1.807) is 0 Å². The highest BCUT2D eigenvalue weighted by Crippen LogP contribution is 2.35. The third-order valence-electron chi connectivity index (χ3n) is 1.89. The summed E-state index contributed by atoms with van der Waals surface area (Å²) in [4.78, 5) is 27.8. The van der Waals surface area contributed by atoms with Crippen LogP contribution in [0.25, 0.3) is 0 Å². The lowest BCUT2D eigenvalue weighted by atomic mass is 10.1. The lowest BCUT2D eigenvalue weighted by Crippen LogP contribution is -2.45. The summed E-state index contributed by atoms with van der Waals surface area (Å²) >= 11 is 0. The molecule has 0 aliphatic heterocycles. The van der Waals surface area contributed by atoms with Crippen LogP contribution in [0.4, 0.5) is 0 Å². The minimum Gasteiger partial charge on any atom is -0.394 e. The first kappa shape index (κ1) is 16.6. The Bertz CT molecular complexity index is 283. The maximum Gasteiger partial charge on any atom is 0.470 e.